The Morgan fingerprint density at radius 1 is 1.20 bits per heavy atom. The highest BCUT2D eigenvalue weighted by molar-refractivity contribution is 9.10. The lowest BCUT2D eigenvalue weighted by Crippen LogP contribution is -1.82. The van der Waals surface area contributed by atoms with Crippen LogP contribution in [0.1, 0.15) is 10.6 Å². The fourth-order valence-corrected chi connectivity index (χ4v) is 1.45. The highest BCUT2D eigenvalue weighted by atomic mass is 79.9. The van der Waals surface area contributed by atoms with Crippen LogP contribution in [-0.4, -0.2) is 6.29 Å². The summed E-state index contributed by atoms with van der Waals surface area (Å²) < 4.78 is 11.3. The number of carbonyl (C=O) groups is 1. The molecule has 2 rings (SSSR count). The standard InChI is InChI=1S/C11H7BrO3/c12-9-3-1-2-4-10(9)15-11-6-5-8(7-13)14-11/h1-7H. The molecule has 76 valence electrons. The number of furan rings is 1. The quantitative estimate of drug-likeness (QED) is 0.797. The number of ether oxygens (including phenoxy) is 1. The summed E-state index contributed by atoms with van der Waals surface area (Å²) in [5.74, 6) is 1.19. The normalized spacial score (nSPS) is 9.93. The molecule has 1 aromatic heterocycles. The van der Waals surface area contributed by atoms with Crippen LogP contribution in [0.3, 0.4) is 0 Å². The van der Waals surface area contributed by atoms with Gasteiger partial charge in [0.15, 0.2) is 12.0 Å². The first kappa shape index (κ1) is 9.98. The van der Waals surface area contributed by atoms with Crippen LogP contribution < -0.4 is 4.74 Å². The van der Waals surface area contributed by atoms with Gasteiger partial charge in [-0.25, -0.2) is 0 Å². The van der Waals surface area contributed by atoms with Gasteiger partial charge >= 0.3 is 0 Å². The van der Waals surface area contributed by atoms with Crippen molar-refractivity contribution in [3.05, 3.63) is 46.6 Å². The molecule has 2 aromatic rings. The van der Waals surface area contributed by atoms with E-state index >= 15 is 0 Å². The van der Waals surface area contributed by atoms with E-state index in [1.807, 2.05) is 18.2 Å². The minimum atomic E-state index is 0.247. The summed E-state index contributed by atoms with van der Waals surface area (Å²) in [7, 11) is 0. The fraction of sp³-hybridized carbons (Fsp3) is 0. The second-order valence-electron chi connectivity index (χ2n) is 2.81. The molecule has 0 amide bonds. The molecule has 0 aliphatic rings. The third-order valence-corrected chi connectivity index (χ3v) is 2.42. The topological polar surface area (TPSA) is 39.4 Å². The lowest BCUT2D eigenvalue weighted by atomic mass is 10.3. The molecule has 0 saturated carbocycles. The van der Waals surface area contributed by atoms with Gasteiger partial charge in [-0.2, -0.15) is 0 Å². The number of hydrogen-bond donors (Lipinski definition) is 0. The van der Waals surface area contributed by atoms with E-state index in [4.69, 9.17) is 9.15 Å². The Morgan fingerprint density at radius 2 is 2.00 bits per heavy atom. The molecule has 0 aliphatic heterocycles. The number of aldehydes is 1. The Balaban J connectivity index is 2.22. The number of para-hydroxylation sites is 1. The summed E-state index contributed by atoms with van der Waals surface area (Å²) >= 11 is 3.34. The van der Waals surface area contributed by atoms with E-state index in [-0.39, 0.29) is 5.76 Å². The lowest BCUT2D eigenvalue weighted by molar-refractivity contribution is 0.109. The predicted octanol–water partition coefficient (Wildman–Crippen LogP) is 3.65. The van der Waals surface area contributed by atoms with Crippen molar-refractivity contribution in [2.24, 2.45) is 0 Å². The van der Waals surface area contributed by atoms with Crippen molar-refractivity contribution in [1.29, 1.82) is 0 Å². The number of carbonyl (C=O) groups excluding carboxylic acids is 1. The Labute approximate surface area is 94.8 Å². The third kappa shape index (κ3) is 2.27. The first-order valence-electron chi connectivity index (χ1n) is 4.27. The Kier molecular flexibility index (Phi) is 2.87. The molecule has 0 bridgehead atoms. The van der Waals surface area contributed by atoms with Crippen LogP contribution in [-0.2, 0) is 0 Å². The number of halogens is 1. The summed E-state index contributed by atoms with van der Waals surface area (Å²) in [6, 6.07) is 10.5. The molecule has 15 heavy (non-hydrogen) atoms. The summed E-state index contributed by atoms with van der Waals surface area (Å²) in [6.45, 7) is 0. The van der Waals surface area contributed by atoms with Gasteiger partial charge in [0.05, 0.1) is 4.47 Å². The van der Waals surface area contributed by atoms with Gasteiger partial charge in [0.1, 0.15) is 5.75 Å². The van der Waals surface area contributed by atoms with Crippen LogP contribution in [0.5, 0.6) is 11.7 Å². The number of hydrogen-bond acceptors (Lipinski definition) is 3. The fourth-order valence-electron chi connectivity index (χ4n) is 1.09. The highest BCUT2D eigenvalue weighted by Crippen LogP contribution is 2.29. The number of rotatable bonds is 3. The molecular formula is C11H7BrO3. The molecule has 0 spiro atoms. The van der Waals surface area contributed by atoms with Crippen molar-refractivity contribution >= 4 is 22.2 Å². The van der Waals surface area contributed by atoms with Crippen molar-refractivity contribution in [2.75, 3.05) is 0 Å². The van der Waals surface area contributed by atoms with Crippen LogP contribution in [0.15, 0.2) is 45.3 Å². The second kappa shape index (κ2) is 4.31. The van der Waals surface area contributed by atoms with E-state index in [9.17, 15) is 4.79 Å². The molecule has 0 N–H and O–H groups in total. The van der Waals surface area contributed by atoms with Crippen molar-refractivity contribution in [3.8, 4) is 11.7 Å². The first-order valence-corrected chi connectivity index (χ1v) is 5.06. The summed E-state index contributed by atoms with van der Waals surface area (Å²) in [4.78, 5) is 10.4. The predicted molar refractivity (Wildman–Crippen MR) is 58.3 cm³/mol. The summed E-state index contributed by atoms with van der Waals surface area (Å²) in [6.07, 6.45) is 0.632. The summed E-state index contributed by atoms with van der Waals surface area (Å²) in [5, 5.41) is 0. The van der Waals surface area contributed by atoms with Crippen molar-refractivity contribution in [1.82, 2.24) is 0 Å². The molecule has 4 heteroatoms. The van der Waals surface area contributed by atoms with E-state index in [2.05, 4.69) is 15.9 Å². The minimum absolute atomic E-state index is 0.247. The maximum atomic E-state index is 10.4. The average Bonchev–Trinajstić information content (AvgIpc) is 2.69. The number of benzene rings is 1. The highest BCUT2D eigenvalue weighted by Gasteiger charge is 2.05. The zero-order chi connectivity index (χ0) is 10.7. The van der Waals surface area contributed by atoms with Crippen LogP contribution in [0.2, 0.25) is 0 Å². The minimum Gasteiger partial charge on any atom is -0.425 e. The molecule has 0 radical (unpaired) electrons. The van der Waals surface area contributed by atoms with Gasteiger partial charge in [-0.15, -0.1) is 0 Å². The van der Waals surface area contributed by atoms with E-state index in [0.29, 0.717) is 18.0 Å². The van der Waals surface area contributed by atoms with Crippen molar-refractivity contribution in [3.63, 3.8) is 0 Å². The van der Waals surface area contributed by atoms with E-state index < -0.39 is 0 Å². The largest absolute Gasteiger partial charge is 0.425 e. The monoisotopic (exact) mass is 266 g/mol. The van der Waals surface area contributed by atoms with Gasteiger partial charge in [0.2, 0.25) is 0 Å². The molecule has 0 aliphatic carbocycles. The van der Waals surface area contributed by atoms with Gasteiger partial charge < -0.3 is 9.15 Å². The van der Waals surface area contributed by atoms with Crippen molar-refractivity contribution < 1.29 is 13.9 Å². The zero-order valence-electron chi connectivity index (χ0n) is 7.64. The van der Waals surface area contributed by atoms with Crippen LogP contribution >= 0.6 is 15.9 Å². The zero-order valence-corrected chi connectivity index (χ0v) is 9.23. The molecule has 0 fully saturated rings. The maximum absolute atomic E-state index is 10.4. The Bertz CT molecular complexity index is 476. The van der Waals surface area contributed by atoms with Crippen molar-refractivity contribution in [2.45, 2.75) is 0 Å². The molecule has 0 atom stereocenters. The maximum Gasteiger partial charge on any atom is 0.290 e. The molecule has 1 aromatic carbocycles. The average molecular weight is 267 g/mol. The van der Waals surface area contributed by atoms with E-state index in [1.54, 1.807) is 18.2 Å². The Morgan fingerprint density at radius 3 is 2.67 bits per heavy atom. The molecule has 0 unspecified atom stereocenters. The summed E-state index contributed by atoms with van der Waals surface area (Å²) in [5.41, 5.74) is 0. The molecule has 0 saturated heterocycles. The van der Waals surface area contributed by atoms with Gasteiger partial charge in [-0.3, -0.25) is 4.79 Å². The second-order valence-corrected chi connectivity index (χ2v) is 3.66. The van der Waals surface area contributed by atoms with Crippen LogP contribution in [0.4, 0.5) is 0 Å². The molecule has 3 nitrogen and oxygen atoms in total. The molecule has 1 heterocycles. The van der Waals surface area contributed by atoms with Gasteiger partial charge in [-0.05, 0) is 34.1 Å². The van der Waals surface area contributed by atoms with Gasteiger partial charge in [0, 0.05) is 6.07 Å². The lowest BCUT2D eigenvalue weighted by Gasteiger charge is -2.03. The van der Waals surface area contributed by atoms with Gasteiger partial charge in [-0.1, -0.05) is 12.1 Å². The molecular weight excluding hydrogens is 260 g/mol. The van der Waals surface area contributed by atoms with Crippen LogP contribution in [0.25, 0.3) is 0 Å². The third-order valence-electron chi connectivity index (χ3n) is 1.77. The smallest absolute Gasteiger partial charge is 0.290 e. The SMILES string of the molecule is O=Cc1ccc(Oc2ccccc2Br)o1. The Hall–Kier alpha value is -1.55. The van der Waals surface area contributed by atoms with E-state index in [0.717, 1.165) is 4.47 Å². The van der Waals surface area contributed by atoms with Crippen LogP contribution in [0, 0.1) is 0 Å². The van der Waals surface area contributed by atoms with E-state index in [1.165, 1.54) is 0 Å². The first-order chi connectivity index (χ1) is 7.29. The van der Waals surface area contributed by atoms with Gasteiger partial charge in [0.25, 0.3) is 5.95 Å².